The summed E-state index contributed by atoms with van der Waals surface area (Å²) in [7, 11) is 0. The van der Waals surface area contributed by atoms with E-state index in [0.29, 0.717) is 12.2 Å². The van der Waals surface area contributed by atoms with Crippen LogP contribution in [0, 0.1) is 0 Å². The van der Waals surface area contributed by atoms with E-state index in [2.05, 4.69) is 22.5 Å². The summed E-state index contributed by atoms with van der Waals surface area (Å²) < 4.78 is 1.84. The summed E-state index contributed by atoms with van der Waals surface area (Å²) in [6, 6.07) is 17.3. The van der Waals surface area contributed by atoms with Crippen molar-refractivity contribution < 1.29 is 5.11 Å². The molecule has 0 saturated heterocycles. The molecule has 24 heavy (non-hydrogen) atoms. The summed E-state index contributed by atoms with van der Waals surface area (Å²) in [4.78, 5) is 0. The number of hydrogen-bond acceptors (Lipinski definition) is 3. The molecule has 122 valence electrons. The first-order valence-electron chi connectivity index (χ1n) is 7.78. The minimum Gasteiger partial charge on any atom is -0.493 e. The van der Waals surface area contributed by atoms with E-state index < -0.39 is 0 Å². The van der Waals surface area contributed by atoms with Gasteiger partial charge in [-0.05, 0) is 36.8 Å². The quantitative estimate of drug-likeness (QED) is 0.505. The molecule has 0 aliphatic rings. The second-order valence-electron chi connectivity index (χ2n) is 5.34. The Kier molecular flexibility index (Phi) is 4.86. The number of aromatic nitrogens is 1. The fourth-order valence-corrected chi connectivity index (χ4v) is 2.74. The molecule has 0 atom stereocenters. The van der Waals surface area contributed by atoms with Gasteiger partial charge in [0.05, 0.1) is 5.52 Å². The lowest BCUT2D eigenvalue weighted by Gasteiger charge is -2.03. The highest BCUT2D eigenvalue weighted by atomic mass is 32.1. The highest BCUT2D eigenvalue weighted by Gasteiger charge is 2.15. The third kappa shape index (κ3) is 3.28. The molecule has 0 unspecified atom stereocenters. The number of anilines is 1. The smallest absolute Gasteiger partial charge is 0.220 e. The van der Waals surface area contributed by atoms with Gasteiger partial charge in [-0.15, -0.1) is 10.2 Å². The van der Waals surface area contributed by atoms with Gasteiger partial charge in [-0.25, -0.2) is 0 Å². The normalized spacial score (nSPS) is 11.2. The molecule has 3 rings (SSSR count). The van der Waals surface area contributed by atoms with E-state index in [9.17, 15) is 5.11 Å². The molecular formula is C18H18N4OS. The zero-order valence-corrected chi connectivity index (χ0v) is 14.1. The molecule has 2 aromatic carbocycles. The van der Waals surface area contributed by atoms with Crippen LogP contribution in [-0.4, -0.2) is 14.8 Å². The van der Waals surface area contributed by atoms with Gasteiger partial charge in [0.2, 0.25) is 11.0 Å². The molecule has 0 amide bonds. The van der Waals surface area contributed by atoms with E-state index in [1.165, 1.54) is 0 Å². The van der Waals surface area contributed by atoms with E-state index in [1.54, 1.807) is 0 Å². The minimum absolute atomic E-state index is 0.115. The topological polar surface area (TPSA) is 61.9 Å². The van der Waals surface area contributed by atoms with Crippen LogP contribution >= 0.6 is 12.2 Å². The van der Waals surface area contributed by atoms with Gasteiger partial charge in [0.1, 0.15) is 0 Å². The number of thiocarbonyl (C=S) groups is 1. The molecule has 0 fully saturated rings. The fourth-order valence-electron chi connectivity index (χ4n) is 2.59. The Bertz CT molecular complexity index is 887. The SMILES string of the molecule is CCCn1c(O)c(N=NC(=S)Nc2ccccc2)c2ccccc21. The van der Waals surface area contributed by atoms with Crippen LogP contribution in [0.1, 0.15) is 13.3 Å². The number of azo groups is 1. The van der Waals surface area contributed by atoms with Gasteiger partial charge in [-0.3, -0.25) is 0 Å². The highest BCUT2D eigenvalue weighted by molar-refractivity contribution is 7.80. The molecule has 0 radical (unpaired) electrons. The van der Waals surface area contributed by atoms with Crippen molar-refractivity contribution in [2.75, 3.05) is 5.32 Å². The van der Waals surface area contributed by atoms with E-state index in [1.807, 2.05) is 59.2 Å². The van der Waals surface area contributed by atoms with Crippen LogP contribution in [0.25, 0.3) is 10.9 Å². The summed E-state index contributed by atoms with van der Waals surface area (Å²) in [6.07, 6.45) is 0.913. The van der Waals surface area contributed by atoms with Gasteiger partial charge >= 0.3 is 0 Å². The van der Waals surface area contributed by atoms with E-state index in [-0.39, 0.29) is 11.0 Å². The van der Waals surface area contributed by atoms with Crippen molar-refractivity contribution in [3.8, 4) is 5.88 Å². The summed E-state index contributed by atoms with van der Waals surface area (Å²) in [6.45, 7) is 2.78. The predicted molar refractivity (Wildman–Crippen MR) is 101 cm³/mol. The minimum atomic E-state index is 0.115. The Morgan fingerprint density at radius 2 is 1.83 bits per heavy atom. The van der Waals surface area contributed by atoms with E-state index in [0.717, 1.165) is 23.0 Å². The van der Waals surface area contributed by atoms with Gasteiger partial charge in [0.15, 0.2) is 5.69 Å². The van der Waals surface area contributed by atoms with Crippen molar-refractivity contribution in [1.82, 2.24) is 4.57 Å². The van der Waals surface area contributed by atoms with Gasteiger partial charge in [-0.2, -0.15) is 0 Å². The molecule has 5 nitrogen and oxygen atoms in total. The van der Waals surface area contributed by atoms with Crippen LogP contribution in [0.5, 0.6) is 5.88 Å². The molecule has 2 N–H and O–H groups in total. The molecule has 0 spiro atoms. The second-order valence-corrected chi connectivity index (χ2v) is 5.72. The molecular weight excluding hydrogens is 320 g/mol. The maximum atomic E-state index is 10.5. The number of para-hydroxylation sites is 2. The fraction of sp³-hybridized carbons (Fsp3) is 0.167. The van der Waals surface area contributed by atoms with Crippen LogP contribution in [0.2, 0.25) is 0 Å². The molecule has 1 aromatic heterocycles. The number of hydrogen-bond donors (Lipinski definition) is 2. The summed E-state index contributed by atoms with van der Waals surface area (Å²) in [5, 5.41) is 22.8. The van der Waals surface area contributed by atoms with Crippen LogP contribution < -0.4 is 5.32 Å². The van der Waals surface area contributed by atoms with Crippen molar-refractivity contribution in [1.29, 1.82) is 0 Å². The number of benzene rings is 2. The number of fused-ring (bicyclic) bond motifs is 1. The Hall–Kier alpha value is -2.73. The molecule has 0 aliphatic carbocycles. The monoisotopic (exact) mass is 338 g/mol. The third-order valence-corrected chi connectivity index (χ3v) is 3.81. The van der Waals surface area contributed by atoms with Crippen molar-refractivity contribution >= 4 is 39.6 Å². The average Bonchev–Trinajstić information content (AvgIpc) is 2.86. The number of nitrogens with zero attached hydrogens (tertiary/aromatic N) is 3. The first-order chi connectivity index (χ1) is 11.7. The average molecular weight is 338 g/mol. The molecule has 0 saturated carbocycles. The van der Waals surface area contributed by atoms with Crippen LogP contribution in [0.3, 0.4) is 0 Å². The Labute approximate surface area is 145 Å². The predicted octanol–water partition coefficient (Wildman–Crippen LogP) is 5.24. The largest absolute Gasteiger partial charge is 0.493 e. The van der Waals surface area contributed by atoms with E-state index in [4.69, 9.17) is 12.2 Å². The lowest BCUT2D eigenvalue weighted by Crippen LogP contribution is -2.04. The van der Waals surface area contributed by atoms with Crippen molar-refractivity contribution in [2.24, 2.45) is 10.2 Å². The van der Waals surface area contributed by atoms with Gasteiger partial charge in [0, 0.05) is 17.6 Å². The maximum Gasteiger partial charge on any atom is 0.220 e. The molecule has 0 aliphatic heterocycles. The molecule has 3 aromatic rings. The van der Waals surface area contributed by atoms with Crippen LogP contribution in [0.15, 0.2) is 64.8 Å². The summed E-state index contributed by atoms with van der Waals surface area (Å²) in [5.41, 5.74) is 2.23. The van der Waals surface area contributed by atoms with Gasteiger partial charge in [-0.1, -0.05) is 43.3 Å². The molecule has 1 heterocycles. The van der Waals surface area contributed by atoms with Gasteiger partial charge < -0.3 is 15.0 Å². The number of rotatable bonds is 4. The Balaban J connectivity index is 1.89. The number of aryl methyl sites for hydroxylation is 1. The summed E-state index contributed by atoms with van der Waals surface area (Å²) >= 11 is 5.20. The summed E-state index contributed by atoms with van der Waals surface area (Å²) in [5.74, 6) is 0.115. The van der Waals surface area contributed by atoms with Crippen molar-refractivity contribution in [3.05, 3.63) is 54.6 Å². The second kappa shape index (κ2) is 7.23. The van der Waals surface area contributed by atoms with Crippen molar-refractivity contribution in [2.45, 2.75) is 19.9 Å². The number of aromatic hydroxyl groups is 1. The zero-order valence-electron chi connectivity index (χ0n) is 13.3. The third-order valence-electron chi connectivity index (χ3n) is 3.63. The Morgan fingerprint density at radius 1 is 1.12 bits per heavy atom. The maximum absolute atomic E-state index is 10.5. The lowest BCUT2D eigenvalue weighted by molar-refractivity contribution is 0.421. The first kappa shape index (κ1) is 16.1. The highest BCUT2D eigenvalue weighted by Crippen LogP contribution is 2.38. The zero-order chi connectivity index (χ0) is 16.9. The number of nitrogens with one attached hydrogen (secondary N) is 1. The van der Waals surface area contributed by atoms with Crippen molar-refractivity contribution in [3.63, 3.8) is 0 Å². The first-order valence-corrected chi connectivity index (χ1v) is 8.19. The van der Waals surface area contributed by atoms with Crippen LogP contribution in [-0.2, 0) is 6.54 Å². The molecule has 0 bridgehead atoms. The van der Waals surface area contributed by atoms with E-state index >= 15 is 0 Å². The lowest BCUT2D eigenvalue weighted by atomic mass is 10.2. The standard InChI is InChI=1S/C18H18N4OS/c1-2-12-22-15-11-7-6-10-14(15)16(17(22)23)20-21-18(24)19-13-8-4-3-5-9-13/h3-11,23H,2,12H2,1H3,(H,19,24). The Morgan fingerprint density at radius 3 is 2.58 bits per heavy atom. The molecule has 6 heteroatoms. The van der Waals surface area contributed by atoms with Crippen LogP contribution in [0.4, 0.5) is 11.4 Å². The van der Waals surface area contributed by atoms with Gasteiger partial charge in [0.25, 0.3) is 0 Å².